The van der Waals surface area contributed by atoms with Gasteiger partial charge in [0, 0.05) is 17.6 Å². The van der Waals surface area contributed by atoms with Gasteiger partial charge in [-0.25, -0.2) is 17.8 Å². The van der Waals surface area contributed by atoms with Gasteiger partial charge in [-0.05, 0) is 46.7 Å². The Labute approximate surface area is 161 Å². The molecule has 3 rings (SSSR count). The first-order chi connectivity index (χ1) is 12.8. The molecule has 10 heteroatoms. The van der Waals surface area contributed by atoms with E-state index in [2.05, 4.69) is 20.2 Å². The maximum Gasteiger partial charge on any atom is 0.264 e. The highest BCUT2D eigenvalue weighted by Crippen LogP contribution is 2.21. The zero-order valence-corrected chi connectivity index (χ0v) is 16.1. The fourth-order valence-corrected chi connectivity index (χ4v) is 3.82. The lowest BCUT2D eigenvalue weighted by Gasteiger charge is -2.09. The van der Waals surface area contributed by atoms with Crippen LogP contribution in [0.2, 0.25) is 5.02 Å². The number of rotatable bonds is 5. The summed E-state index contributed by atoms with van der Waals surface area (Å²) in [5, 5.41) is 11.5. The Hall–Kier alpha value is -2.78. The topological polar surface area (TPSA) is 107 Å². The molecule has 1 aromatic heterocycles. The van der Waals surface area contributed by atoms with Crippen LogP contribution in [0.1, 0.15) is 11.1 Å². The van der Waals surface area contributed by atoms with E-state index in [1.807, 2.05) is 6.92 Å². The van der Waals surface area contributed by atoms with Crippen LogP contribution in [0.15, 0.2) is 47.4 Å². The summed E-state index contributed by atoms with van der Waals surface area (Å²) in [7, 11) is -2.41. The average molecular weight is 406 g/mol. The van der Waals surface area contributed by atoms with Gasteiger partial charge in [-0.2, -0.15) is 0 Å². The Bertz CT molecular complexity index is 1110. The molecule has 8 nitrogen and oxygen atoms in total. The molecular weight excluding hydrogens is 390 g/mol. The molecule has 0 spiro atoms. The second kappa shape index (κ2) is 7.45. The SMILES string of the molecule is Cc1ccc(CC(=O)NS(=O)(=O)c2cccc(-c3nnnn3C)c2)c(Cl)c1. The van der Waals surface area contributed by atoms with Crippen LogP contribution < -0.4 is 4.72 Å². The molecule has 0 saturated carbocycles. The molecule has 1 amide bonds. The molecule has 3 aromatic rings. The first kappa shape index (κ1) is 19.0. The second-order valence-electron chi connectivity index (χ2n) is 5.95. The van der Waals surface area contributed by atoms with Crippen molar-refractivity contribution >= 4 is 27.5 Å². The van der Waals surface area contributed by atoms with Crippen LogP contribution in [0.5, 0.6) is 0 Å². The number of benzene rings is 2. The van der Waals surface area contributed by atoms with E-state index < -0.39 is 15.9 Å². The number of tetrazole rings is 1. The lowest BCUT2D eigenvalue weighted by Crippen LogP contribution is -2.31. The van der Waals surface area contributed by atoms with Crippen LogP contribution in [0.25, 0.3) is 11.4 Å². The number of amides is 1. The van der Waals surface area contributed by atoms with Crippen molar-refractivity contribution in [2.24, 2.45) is 7.05 Å². The minimum Gasteiger partial charge on any atom is -0.274 e. The summed E-state index contributed by atoms with van der Waals surface area (Å²) in [4.78, 5) is 12.2. The summed E-state index contributed by atoms with van der Waals surface area (Å²) in [5.74, 6) is -0.267. The normalized spacial score (nSPS) is 11.4. The summed E-state index contributed by atoms with van der Waals surface area (Å²) in [5.41, 5.74) is 2.01. The van der Waals surface area contributed by atoms with E-state index in [-0.39, 0.29) is 11.3 Å². The van der Waals surface area contributed by atoms with Gasteiger partial charge in [-0.1, -0.05) is 35.9 Å². The van der Waals surface area contributed by atoms with Crippen LogP contribution in [-0.2, 0) is 28.3 Å². The highest BCUT2D eigenvalue weighted by molar-refractivity contribution is 7.90. The van der Waals surface area contributed by atoms with E-state index in [0.717, 1.165) is 5.56 Å². The predicted octanol–water partition coefficient (Wildman–Crippen LogP) is 1.89. The fourth-order valence-electron chi connectivity index (χ4n) is 2.49. The Morgan fingerprint density at radius 2 is 2.00 bits per heavy atom. The Kier molecular flexibility index (Phi) is 5.24. The number of hydrogen-bond donors (Lipinski definition) is 1. The van der Waals surface area contributed by atoms with E-state index >= 15 is 0 Å². The standard InChI is InChI=1S/C17H16ClN5O3S/c1-11-6-7-12(15(18)8-11)10-16(24)20-27(25,26)14-5-3-4-13(9-14)17-19-21-22-23(17)2/h3-9H,10H2,1-2H3,(H,20,24). The lowest BCUT2D eigenvalue weighted by molar-refractivity contribution is -0.118. The Morgan fingerprint density at radius 1 is 1.22 bits per heavy atom. The molecule has 1 N–H and O–H groups in total. The van der Waals surface area contributed by atoms with E-state index in [4.69, 9.17) is 11.6 Å². The smallest absolute Gasteiger partial charge is 0.264 e. The van der Waals surface area contributed by atoms with Crippen LogP contribution in [-0.4, -0.2) is 34.5 Å². The summed E-state index contributed by atoms with van der Waals surface area (Å²) in [6.45, 7) is 1.87. The molecule has 140 valence electrons. The van der Waals surface area contributed by atoms with Crippen molar-refractivity contribution in [3.63, 3.8) is 0 Å². The molecule has 0 saturated heterocycles. The largest absolute Gasteiger partial charge is 0.274 e. The minimum absolute atomic E-state index is 0.0636. The molecule has 1 heterocycles. The first-order valence-electron chi connectivity index (χ1n) is 7.90. The molecule has 2 aromatic carbocycles. The van der Waals surface area contributed by atoms with Crippen molar-refractivity contribution in [3.05, 3.63) is 58.6 Å². The Balaban J connectivity index is 1.80. The molecular formula is C17H16ClN5O3S. The van der Waals surface area contributed by atoms with Crippen molar-refractivity contribution in [1.82, 2.24) is 24.9 Å². The average Bonchev–Trinajstić information content (AvgIpc) is 3.03. The van der Waals surface area contributed by atoms with Crippen LogP contribution >= 0.6 is 11.6 Å². The molecule has 0 fully saturated rings. The van der Waals surface area contributed by atoms with E-state index in [1.54, 1.807) is 37.4 Å². The summed E-state index contributed by atoms with van der Waals surface area (Å²) in [6.07, 6.45) is -0.148. The van der Waals surface area contributed by atoms with Crippen LogP contribution in [0, 0.1) is 6.92 Å². The van der Waals surface area contributed by atoms with Gasteiger partial charge in [0.1, 0.15) is 0 Å². The predicted molar refractivity (Wildman–Crippen MR) is 99.5 cm³/mol. The third kappa shape index (κ3) is 4.32. The third-order valence-electron chi connectivity index (χ3n) is 3.83. The lowest BCUT2D eigenvalue weighted by atomic mass is 10.1. The Morgan fingerprint density at radius 3 is 2.67 bits per heavy atom. The number of carbonyl (C=O) groups is 1. The number of aryl methyl sites for hydroxylation is 2. The maximum absolute atomic E-state index is 12.6. The second-order valence-corrected chi connectivity index (χ2v) is 8.04. The molecule has 0 aliphatic carbocycles. The van der Waals surface area contributed by atoms with Gasteiger partial charge in [0.15, 0.2) is 5.82 Å². The third-order valence-corrected chi connectivity index (χ3v) is 5.55. The molecule has 0 unspecified atom stereocenters. The number of sulfonamides is 1. The van der Waals surface area contributed by atoms with Crippen molar-refractivity contribution < 1.29 is 13.2 Å². The van der Waals surface area contributed by atoms with Crippen LogP contribution in [0.4, 0.5) is 0 Å². The first-order valence-corrected chi connectivity index (χ1v) is 9.76. The van der Waals surface area contributed by atoms with E-state index in [9.17, 15) is 13.2 Å². The maximum atomic E-state index is 12.6. The molecule has 0 bridgehead atoms. The van der Waals surface area contributed by atoms with Gasteiger partial charge in [0.25, 0.3) is 10.0 Å². The fraction of sp³-hybridized carbons (Fsp3) is 0.176. The highest BCUT2D eigenvalue weighted by atomic mass is 35.5. The minimum atomic E-state index is -4.05. The van der Waals surface area contributed by atoms with Crippen molar-refractivity contribution in [2.75, 3.05) is 0 Å². The number of aromatic nitrogens is 4. The van der Waals surface area contributed by atoms with Gasteiger partial charge >= 0.3 is 0 Å². The number of nitrogens with one attached hydrogen (secondary N) is 1. The number of carbonyl (C=O) groups excluding carboxylic acids is 1. The molecule has 0 atom stereocenters. The van der Waals surface area contributed by atoms with E-state index in [1.165, 1.54) is 16.8 Å². The molecule has 0 aliphatic rings. The summed E-state index contributed by atoms with van der Waals surface area (Å²) in [6, 6.07) is 11.3. The number of hydrogen-bond acceptors (Lipinski definition) is 6. The zero-order chi connectivity index (χ0) is 19.6. The summed E-state index contributed by atoms with van der Waals surface area (Å²) < 4.78 is 28.6. The monoisotopic (exact) mass is 405 g/mol. The van der Waals surface area contributed by atoms with Gasteiger partial charge < -0.3 is 0 Å². The molecule has 0 aliphatic heterocycles. The molecule has 0 radical (unpaired) electrons. The van der Waals surface area contributed by atoms with Gasteiger partial charge in [0.2, 0.25) is 5.91 Å². The van der Waals surface area contributed by atoms with Crippen molar-refractivity contribution in [3.8, 4) is 11.4 Å². The quantitative estimate of drug-likeness (QED) is 0.694. The van der Waals surface area contributed by atoms with Gasteiger partial charge in [-0.3, -0.25) is 4.79 Å². The van der Waals surface area contributed by atoms with Gasteiger partial charge in [-0.15, -0.1) is 5.10 Å². The molecule has 27 heavy (non-hydrogen) atoms. The summed E-state index contributed by atoms with van der Waals surface area (Å²) >= 11 is 6.10. The number of nitrogens with zero attached hydrogens (tertiary/aromatic N) is 4. The number of halogens is 1. The van der Waals surface area contributed by atoms with Gasteiger partial charge in [0.05, 0.1) is 11.3 Å². The highest BCUT2D eigenvalue weighted by Gasteiger charge is 2.20. The zero-order valence-electron chi connectivity index (χ0n) is 14.5. The van der Waals surface area contributed by atoms with Crippen molar-refractivity contribution in [2.45, 2.75) is 18.2 Å². The van der Waals surface area contributed by atoms with Crippen LogP contribution in [0.3, 0.4) is 0 Å². The van der Waals surface area contributed by atoms with Crippen molar-refractivity contribution in [1.29, 1.82) is 0 Å². The van der Waals surface area contributed by atoms with E-state index in [0.29, 0.717) is 22.0 Å².